The van der Waals surface area contributed by atoms with Crippen LogP contribution >= 0.6 is 0 Å². The van der Waals surface area contributed by atoms with Crippen molar-refractivity contribution >= 4 is 11.9 Å². The van der Waals surface area contributed by atoms with Crippen LogP contribution in [0.4, 0.5) is 13.2 Å². The highest BCUT2D eigenvalue weighted by molar-refractivity contribution is 5.76. The van der Waals surface area contributed by atoms with Crippen LogP contribution < -0.4 is 5.73 Å². The summed E-state index contributed by atoms with van der Waals surface area (Å²) < 4.78 is 64.8. The van der Waals surface area contributed by atoms with Crippen LogP contribution in [0, 0.1) is 0 Å². The first-order chi connectivity index (χ1) is 15.9. The summed E-state index contributed by atoms with van der Waals surface area (Å²) in [5.41, 5.74) is 3.85. The maximum Gasteiger partial charge on any atom is 0.490 e. The van der Waals surface area contributed by atoms with E-state index in [-0.39, 0.29) is 19.8 Å². The first-order valence-corrected chi connectivity index (χ1v) is 11.9. The molecular formula is C23H40F3NO7. The molecular weight excluding hydrogens is 459 g/mol. The average molecular weight is 500 g/mol. The first kappa shape index (κ1) is 30.6. The molecule has 1 heterocycles. The van der Waals surface area contributed by atoms with Crippen molar-refractivity contribution in [2.75, 3.05) is 26.9 Å². The monoisotopic (exact) mass is 499 g/mol. The Morgan fingerprint density at radius 1 is 1.03 bits per heavy atom. The van der Waals surface area contributed by atoms with Crippen molar-refractivity contribution in [1.29, 1.82) is 0 Å². The van der Waals surface area contributed by atoms with E-state index >= 15 is 0 Å². The Kier molecular flexibility index (Phi) is 13.4. The molecule has 0 spiro atoms. The van der Waals surface area contributed by atoms with E-state index in [0.29, 0.717) is 6.42 Å². The van der Waals surface area contributed by atoms with Gasteiger partial charge >= 0.3 is 18.1 Å². The van der Waals surface area contributed by atoms with Gasteiger partial charge in [-0.25, -0.2) is 4.79 Å². The minimum atomic E-state index is -5.11. The predicted molar refractivity (Wildman–Crippen MR) is 118 cm³/mol. The maximum atomic E-state index is 12.5. The van der Waals surface area contributed by atoms with Gasteiger partial charge in [0.25, 0.3) is 0 Å². The van der Waals surface area contributed by atoms with E-state index in [0.717, 1.165) is 19.3 Å². The molecule has 1 aliphatic heterocycles. The van der Waals surface area contributed by atoms with Crippen molar-refractivity contribution in [1.82, 2.24) is 0 Å². The Bertz CT molecular complexity index is 616. The van der Waals surface area contributed by atoms with Gasteiger partial charge in [-0.15, -0.1) is 0 Å². The minimum Gasteiger partial charge on any atom is -0.456 e. The fourth-order valence-electron chi connectivity index (χ4n) is 3.80. The topological polar surface area (TPSA) is 106 Å². The number of ether oxygens (including phenoxy) is 5. The zero-order valence-corrected chi connectivity index (χ0v) is 20.7. The van der Waals surface area contributed by atoms with Crippen molar-refractivity contribution in [3.05, 3.63) is 0 Å². The van der Waals surface area contributed by atoms with E-state index in [1.54, 1.807) is 0 Å². The second-order valence-electron chi connectivity index (χ2n) is 9.14. The number of esters is 2. The van der Waals surface area contributed by atoms with Crippen LogP contribution in [0.25, 0.3) is 0 Å². The van der Waals surface area contributed by atoms with Gasteiger partial charge in [-0.05, 0) is 20.3 Å². The summed E-state index contributed by atoms with van der Waals surface area (Å²) in [5.74, 6) is -2.92. The predicted octanol–water partition coefficient (Wildman–Crippen LogP) is 3.68. The number of unbranched alkanes of at least 4 members (excludes halogenated alkanes) is 6. The third kappa shape index (κ3) is 10.9. The minimum absolute atomic E-state index is 0.0830. The number of hydrogen-bond donors (Lipinski definition) is 1. The molecule has 1 fully saturated rings. The second kappa shape index (κ2) is 14.9. The molecule has 0 aromatic heterocycles. The molecule has 0 bridgehead atoms. The molecule has 11 heteroatoms. The summed E-state index contributed by atoms with van der Waals surface area (Å²) in [5, 5.41) is 0. The Labute approximate surface area is 199 Å². The lowest BCUT2D eigenvalue weighted by Gasteiger charge is -2.42. The fraction of sp³-hybridized carbons (Fsp3) is 0.913. The van der Waals surface area contributed by atoms with E-state index in [9.17, 15) is 22.8 Å². The van der Waals surface area contributed by atoms with Crippen LogP contribution in [0.5, 0.6) is 0 Å². The molecule has 0 aromatic rings. The van der Waals surface area contributed by atoms with Gasteiger partial charge in [0.1, 0.15) is 17.8 Å². The lowest BCUT2D eigenvalue weighted by atomic mass is 9.94. The molecule has 1 saturated heterocycles. The van der Waals surface area contributed by atoms with Crippen molar-refractivity contribution in [2.45, 2.75) is 108 Å². The molecule has 0 radical (unpaired) electrons. The molecule has 0 saturated carbocycles. The van der Waals surface area contributed by atoms with Gasteiger partial charge in [0, 0.05) is 7.11 Å². The van der Waals surface area contributed by atoms with Gasteiger partial charge in [-0.2, -0.15) is 13.2 Å². The largest absolute Gasteiger partial charge is 0.490 e. The van der Waals surface area contributed by atoms with Crippen LogP contribution in [-0.2, 0) is 33.3 Å². The number of halogens is 3. The summed E-state index contributed by atoms with van der Waals surface area (Å²) in [6, 6.07) is 0. The van der Waals surface area contributed by atoms with Crippen molar-refractivity contribution in [2.24, 2.45) is 5.73 Å². The summed E-state index contributed by atoms with van der Waals surface area (Å²) >= 11 is 0. The SMILES string of the molecule is CCCCCCCCC[C@@H]1OC[C@@H](OCC(C)(C)OC(=O)C(F)(F)F)[C@@H](OC)[C@@H]1OC(=O)CN. The third-order valence-electron chi connectivity index (χ3n) is 5.58. The van der Waals surface area contributed by atoms with E-state index in [2.05, 4.69) is 11.7 Å². The van der Waals surface area contributed by atoms with Gasteiger partial charge in [0.2, 0.25) is 0 Å². The van der Waals surface area contributed by atoms with Crippen LogP contribution in [0.1, 0.15) is 72.1 Å². The maximum absolute atomic E-state index is 12.5. The normalized spacial score (nSPS) is 23.5. The second-order valence-corrected chi connectivity index (χ2v) is 9.14. The molecule has 0 amide bonds. The molecule has 2 N–H and O–H groups in total. The smallest absolute Gasteiger partial charge is 0.456 e. The Morgan fingerprint density at radius 2 is 1.65 bits per heavy atom. The molecule has 0 aromatic carbocycles. The van der Waals surface area contributed by atoms with E-state index in [1.807, 2.05) is 0 Å². The van der Waals surface area contributed by atoms with Crippen molar-refractivity contribution in [3.63, 3.8) is 0 Å². The molecule has 1 rings (SSSR count). The molecule has 0 unspecified atom stereocenters. The number of alkyl halides is 3. The number of carbonyl (C=O) groups excluding carboxylic acids is 2. The van der Waals surface area contributed by atoms with Gasteiger partial charge in [0.15, 0.2) is 6.10 Å². The first-order valence-electron chi connectivity index (χ1n) is 11.9. The summed E-state index contributed by atoms with van der Waals surface area (Å²) in [6.07, 6.45) is 0.680. The Hall–Kier alpha value is -1.43. The Morgan fingerprint density at radius 3 is 2.21 bits per heavy atom. The molecule has 4 atom stereocenters. The van der Waals surface area contributed by atoms with Gasteiger partial charge in [-0.3, -0.25) is 4.79 Å². The van der Waals surface area contributed by atoms with Crippen LogP contribution in [-0.4, -0.2) is 75.0 Å². The number of carbonyl (C=O) groups is 2. The fourth-order valence-corrected chi connectivity index (χ4v) is 3.80. The van der Waals surface area contributed by atoms with E-state index in [4.69, 9.17) is 24.7 Å². The summed E-state index contributed by atoms with van der Waals surface area (Å²) in [7, 11) is 1.43. The molecule has 8 nitrogen and oxygen atoms in total. The summed E-state index contributed by atoms with van der Waals surface area (Å²) in [4.78, 5) is 23.1. The van der Waals surface area contributed by atoms with E-state index < -0.39 is 48.1 Å². The number of nitrogens with two attached hydrogens (primary N) is 1. The standard InChI is InChI=1S/C23H40F3NO7/c1-5-6-7-8-9-10-11-12-16-20(33-18(28)13-27)19(30-4)17(14-31-16)32-15-22(2,3)34-21(29)23(24,25)26/h16-17,19-20H,5-15,27H2,1-4H3/t16-,17+,19+,20+/m0/s1. The highest BCUT2D eigenvalue weighted by Crippen LogP contribution is 2.28. The van der Waals surface area contributed by atoms with Gasteiger partial charge < -0.3 is 29.4 Å². The molecule has 34 heavy (non-hydrogen) atoms. The lowest BCUT2D eigenvalue weighted by molar-refractivity contribution is -0.238. The van der Waals surface area contributed by atoms with Crippen molar-refractivity contribution in [3.8, 4) is 0 Å². The number of methoxy groups -OCH3 is 1. The molecule has 200 valence electrons. The van der Waals surface area contributed by atoms with Crippen LogP contribution in [0.15, 0.2) is 0 Å². The molecule has 0 aliphatic carbocycles. The lowest BCUT2D eigenvalue weighted by Crippen LogP contribution is -2.57. The average Bonchev–Trinajstić information content (AvgIpc) is 2.76. The third-order valence-corrected chi connectivity index (χ3v) is 5.58. The molecule has 1 aliphatic rings. The quantitative estimate of drug-likeness (QED) is 0.269. The van der Waals surface area contributed by atoms with E-state index in [1.165, 1.54) is 46.6 Å². The zero-order valence-electron chi connectivity index (χ0n) is 20.7. The Balaban J connectivity index is 2.72. The summed E-state index contributed by atoms with van der Waals surface area (Å²) in [6.45, 7) is 4.20. The highest BCUT2D eigenvalue weighted by atomic mass is 19.4. The van der Waals surface area contributed by atoms with Gasteiger partial charge in [0.05, 0.1) is 25.9 Å². The number of hydrogen-bond acceptors (Lipinski definition) is 8. The van der Waals surface area contributed by atoms with Crippen LogP contribution in [0.3, 0.4) is 0 Å². The van der Waals surface area contributed by atoms with Gasteiger partial charge in [-0.1, -0.05) is 51.9 Å². The van der Waals surface area contributed by atoms with Crippen LogP contribution in [0.2, 0.25) is 0 Å². The van der Waals surface area contributed by atoms with Crippen molar-refractivity contribution < 1.29 is 46.4 Å². The highest BCUT2D eigenvalue weighted by Gasteiger charge is 2.46. The zero-order chi connectivity index (χ0) is 25.8. The number of rotatable bonds is 15.